The van der Waals surface area contributed by atoms with Crippen LogP contribution in [0.25, 0.3) is 0 Å². The van der Waals surface area contributed by atoms with E-state index in [4.69, 9.17) is 0 Å². The molecule has 0 spiro atoms. The molecule has 0 atom stereocenters. The summed E-state index contributed by atoms with van der Waals surface area (Å²) < 4.78 is 13.9. The Morgan fingerprint density at radius 1 is 1.32 bits per heavy atom. The van der Waals surface area contributed by atoms with Crippen molar-refractivity contribution < 1.29 is 4.39 Å². The highest BCUT2D eigenvalue weighted by atomic mass is 19.1. The van der Waals surface area contributed by atoms with Crippen LogP contribution in [0, 0.1) is 5.82 Å². The Morgan fingerprint density at radius 2 is 2.05 bits per heavy atom. The van der Waals surface area contributed by atoms with Crippen LogP contribution in [0.5, 0.6) is 0 Å². The van der Waals surface area contributed by atoms with E-state index in [2.05, 4.69) is 36.1 Å². The van der Waals surface area contributed by atoms with E-state index >= 15 is 0 Å². The summed E-state index contributed by atoms with van der Waals surface area (Å²) >= 11 is 0. The summed E-state index contributed by atoms with van der Waals surface area (Å²) in [6, 6.07) is 0.218. The molecule has 0 saturated carbocycles. The lowest BCUT2D eigenvalue weighted by atomic mass is 10.2. The smallest absolute Gasteiger partial charge is 0.224 e. The molecule has 1 heterocycles. The molecular weight excluding hydrogens is 243 g/mol. The largest absolute Gasteiger partial charge is 0.354 e. The second-order valence-electron chi connectivity index (χ2n) is 4.89. The molecule has 1 rings (SSSR count). The van der Waals surface area contributed by atoms with E-state index in [1.807, 2.05) is 11.8 Å². The minimum atomic E-state index is -0.355. The van der Waals surface area contributed by atoms with Gasteiger partial charge < -0.3 is 10.2 Å². The van der Waals surface area contributed by atoms with E-state index in [1.54, 1.807) is 0 Å². The summed E-state index contributed by atoms with van der Waals surface area (Å²) in [5, 5.41) is 3.02. The first-order chi connectivity index (χ1) is 9.10. The molecule has 0 fully saturated rings. The van der Waals surface area contributed by atoms with Crippen LogP contribution in [-0.4, -0.2) is 29.1 Å². The van der Waals surface area contributed by atoms with Crippen molar-refractivity contribution in [2.24, 2.45) is 0 Å². The van der Waals surface area contributed by atoms with Crippen molar-refractivity contribution in [3.8, 4) is 0 Å². The van der Waals surface area contributed by atoms with Crippen LogP contribution in [-0.2, 0) is 0 Å². The zero-order chi connectivity index (χ0) is 14.3. The van der Waals surface area contributed by atoms with E-state index in [0.29, 0.717) is 11.8 Å². The number of halogens is 1. The summed E-state index contributed by atoms with van der Waals surface area (Å²) in [6.07, 6.45) is 4.60. The maximum absolute atomic E-state index is 13.9. The summed E-state index contributed by atoms with van der Waals surface area (Å²) in [5.41, 5.74) is 0. The van der Waals surface area contributed by atoms with Crippen molar-refractivity contribution in [1.82, 2.24) is 9.97 Å². The second kappa shape index (κ2) is 7.92. The first-order valence-corrected chi connectivity index (χ1v) is 7.13. The molecule has 0 bridgehead atoms. The van der Waals surface area contributed by atoms with Crippen LogP contribution < -0.4 is 10.2 Å². The van der Waals surface area contributed by atoms with Crippen LogP contribution in [0.3, 0.4) is 0 Å². The van der Waals surface area contributed by atoms with E-state index in [0.717, 1.165) is 32.4 Å². The van der Waals surface area contributed by atoms with Gasteiger partial charge in [-0.15, -0.1) is 0 Å². The lowest BCUT2D eigenvalue weighted by Crippen LogP contribution is -2.33. The molecule has 0 aromatic carbocycles. The van der Waals surface area contributed by atoms with Crippen LogP contribution >= 0.6 is 0 Å². The van der Waals surface area contributed by atoms with Gasteiger partial charge in [0.15, 0.2) is 11.6 Å². The lowest BCUT2D eigenvalue weighted by Gasteiger charge is -2.28. The van der Waals surface area contributed by atoms with Gasteiger partial charge >= 0.3 is 0 Å². The molecule has 0 radical (unpaired) electrons. The monoisotopic (exact) mass is 268 g/mol. The predicted octanol–water partition coefficient (Wildman–Crippen LogP) is 3.45. The van der Waals surface area contributed by atoms with Crippen molar-refractivity contribution in [3.63, 3.8) is 0 Å². The molecule has 0 aliphatic heterocycles. The van der Waals surface area contributed by atoms with E-state index in [9.17, 15) is 4.39 Å². The third-order valence-electron chi connectivity index (χ3n) is 2.96. The molecule has 19 heavy (non-hydrogen) atoms. The summed E-state index contributed by atoms with van der Waals surface area (Å²) in [4.78, 5) is 10.2. The molecule has 0 saturated heterocycles. The fourth-order valence-corrected chi connectivity index (χ4v) is 1.94. The number of nitrogens with zero attached hydrogens (tertiary/aromatic N) is 3. The zero-order valence-corrected chi connectivity index (χ0v) is 12.4. The number of rotatable bonds is 8. The number of nitrogens with one attached hydrogen (secondary N) is 1. The molecule has 4 nitrogen and oxygen atoms in total. The highest BCUT2D eigenvalue weighted by molar-refractivity contribution is 5.44. The third-order valence-corrected chi connectivity index (χ3v) is 2.96. The van der Waals surface area contributed by atoms with Gasteiger partial charge in [0, 0.05) is 19.1 Å². The minimum Gasteiger partial charge on any atom is -0.354 e. The van der Waals surface area contributed by atoms with Gasteiger partial charge in [0.25, 0.3) is 0 Å². The standard InChI is InChI=1S/C14H25FN4/c1-5-7-8-9-19(11(3)4)13-12(15)10-17-14(18-13)16-6-2/h10-11H,5-9H2,1-4H3,(H,16,17,18). The Balaban J connectivity index is 2.90. The van der Waals surface area contributed by atoms with Gasteiger partial charge in [0.2, 0.25) is 5.95 Å². The molecule has 0 unspecified atom stereocenters. The molecule has 0 aliphatic carbocycles. The summed E-state index contributed by atoms with van der Waals surface area (Å²) in [7, 11) is 0. The maximum atomic E-state index is 13.9. The highest BCUT2D eigenvalue weighted by Crippen LogP contribution is 2.20. The number of anilines is 2. The average Bonchev–Trinajstić information content (AvgIpc) is 2.37. The van der Waals surface area contributed by atoms with Crippen molar-refractivity contribution in [3.05, 3.63) is 12.0 Å². The van der Waals surface area contributed by atoms with Gasteiger partial charge in [-0.25, -0.2) is 9.37 Å². The molecule has 108 valence electrons. The van der Waals surface area contributed by atoms with E-state index < -0.39 is 0 Å². The van der Waals surface area contributed by atoms with Crippen molar-refractivity contribution in [2.75, 3.05) is 23.3 Å². The van der Waals surface area contributed by atoms with Gasteiger partial charge in [0.1, 0.15) is 0 Å². The normalized spacial score (nSPS) is 10.8. The predicted molar refractivity (Wildman–Crippen MR) is 78.2 cm³/mol. The molecule has 0 amide bonds. The van der Waals surface area contributed by atoms with Gasteiger partial charge in [-0.2, -0.15) is 4.98 Å². The quantitative estimate of drug-likeness (QED) is 0.733. The highest BCUT2D eigenvalue weighted by Gasteiger charge is 2.17. The summed E-state index contributed by atoms with van der Waals surface area (Å²) in [5.74, 6) is 0.531. The molecular formula is C14H25FN4. The molecule has 1 N–H and O–H groups in total. The van der Waals surface area contributed by atoms with Gasteiger partial charge in [-0.1, -0.05) is 19.8 Å². The third kappa shape index (κ3) is 4.65. The first-order valence-electron chi connectivity index (χ1n) is 7.13. The Morgan fingerprint density at radius 3 is 2.63 bits per heavy atom. The second-order valence-corrected chi connectivity index (χ2v) is 4.89. The van der Waals surface area contributed by atoms with Crippen LogP contribution in [0.2, 0.25) is 0 Å². The minimum absolute atomic E-state index is 0.218. The van der Waals surface area contributed by atoms with Crippen LogP contribution in [0.4, 0.5) is 16.2 Å². The Hall–Kier alpha value is -1.39. The number of hydrogen-bond acceptors (Lipinski definition) is 4. The molecule has 1 aromatic rings. The zero-order valence-electron chi connectivity index (χ0n) is 12.4. The van der Waals surface area contributed by atoms with Crippen molar-refractivity contribution in [2.45, 2.75) is 53.0 Å². The number of aromatic nitrogens is 2. The van der Waals surface area contributed by atoms with Crippen LogP contribution in [0.15, 0.2) is 6.20 Å². The first kappa shape index (κ1) is 15.7. The Labute approximate surface area is 115 Å². The number of unbranched alkanes of at least 4 members (excludes halogenated alkanes) is 2. The van der Waals surface area contributed by atoms with Crippen molar-refractivity contribution in [1.29, 1.82) is 0 Å². The molecule has 1 aromatic heterocycles. The number of hydrogen-bond donors (Lipinski definition) is 1. The molecule has 0 aliphatic rings. The topological polar surface area (TPSA) is 41.1 Å². The fourth-order valence-electron chi connectivity index (χ4n) is 1.94. The van der Waals surface area contributed by atoms with Gasteiger partial charge in [-0.05, 0) is 27.2 Å². The van der Waals surface area contributed by atoms with Gasteiger partial charge in [-0.3, -0.25) is 0 Å². The average molecular weight is 268 g/mol. The summed E-state index contributed by atoms with van der Waals surface area (Å²) in [6.45, 7) is 9.79. The van der Waals surface area contributed by atoms with Gasteiger partial charge in [0.05, 0.1) is 6.20 Å². The van der Waals surface area contributed by atoms with E-state index in [1.165, 1.54) is 6.20 Å². The maximum Gasteiger partial charge on any atom is 0.224 e. The Kier molecular flexibility index (Phi) is 6.53. The fraction of sp³-hybridized carbons (Fsp3) is 0.714. The lowest BCUT2D eigenvalue weighted by molar-refractivity contribution is 0.570. The molecule has 5 heteroatoms. The van der Waals surface area contributed by atoms with Crippen molar-refractivity contribution >= 4 is 11.8 Å². The Bertz CT molecular complexity index is 382. The SMILES string of the molecule is CCCCCN(c1nc(NCC)ncc1F)C(C)C. The van der Waals surface area contributed by atoms with E-state index in [-0.39, 0.29) is 11.9 Å². The van der Waals surface area contributed by atoms with Crippen LogP contribution in [0.1, 0.15) is 47.0 Å².